The lowest BCUT2D eigenvalue weighted by molar-refractivity contribution is -0.385. The van der Waals surface area contributed by atoms with Gasteiger partial charge in [-0.15, -0.1) is 0 Å². The van der Waals surface area contributed by atoms with Crippen LogP contribution in [0.5, 0.6) is 5.75 Å². The standard InChI is InChI=1S/C11H13BrN2O3/c12-8-4-10(14(15)16)6-11(5-8)17-7-9-2-1-3-13-9/h4-6,9,13H,1-3,7H2/t9-/m0/s1. The average Bonchev–Trinajstić information content (AvgIpc) is 2.78. The van der Waals surface area contributed by atoms with Crippen LogP contribution < -0.4 is 10.1 Å². The molecule has 0 radical (unpaired) electrons. The zero-order valence-corrected chi connectivity index (χ0v) is 10.8. The summed E-state index contributed by atoms with van der Waals surface area (Å²) in [4.78, 5) is 10.3. The van der Waals surface area contributed by atoms with Crippen LogP contribution >= 0.6 is 15.9 Å². The van der Waals surface area contributed by atoms with E-state index in [9.17, 15) is 10.1 Å². The molecule has 1 N–H and O–H groups in total. The number of ether oxygens (including phenoxy) is 1. The molecule has 0 spiro atoms. The second kappa shape index (κ2) is 5.46. The summed E-state index contributed by atoms with van der Waals surface area (Å²) in [6.07, 6.45) is 2.25. The Kier molecular flexibility index (Phi) is 3.96. The number of halogens is 1. The number of hydrogen-bond donors (Lipinski definition) is 1. The maximum Gasteiger partial charge on any atom is 0.274 e. The van der Waals surface area contributed by atoms with Gasteiger partial charge in [-0.3, -0.25) is 10.1 Å². The minimum atomic E-state index is -0.425. The number of nitrogens with zero attached hydrogens (tertiary/aromatic N) is 1. The summed E-state index contributed by atoms with van der Waals surface area (Å²) < 4.78 is 6.22. The molecule has 6 heteroatoms. The lowest BCUT2D eigenvalue weighted by Crippen LogP contribution is -2.28. The molecule has 17 heavy (non-hydrogen) atoms. The molecule has 1 heterocycles. The number of non-ortho nitro benzene ring substituents is 1. The van der Waals surface area contributed by atoms with Crippen LogP contribution in [0.4, 0.5) is 5.69 Å². The minimum Gasteiger partial charge on any atom is -0.492 e. The van der Waals surface area contributed by atoms with Gasteiger partial charge in [0, 0.05) is 16.6 Å². The van der Waals surface area contributed by atoms with Crippen LogP contribution in [0.2, 0.25) is 0 Å². The molecule has 0 bridgehead atoms. The Labute approximate surface area is 107 Å². The van der Waals surface area contributed by atoms with Crippen LogP contribution in [0, 0.1) is 10.1 Å². The first-order valence-electron chi connectivity index (χ1n) is 5.46. The predicted octanol–water partition coefficient (Wildman–Crippen LogP) is 2.49. The van der Waals surface area contributed by atoms with Gasteiger partial charge in [0.05, 0.1) is 11.0 Å². The third-order valence-electron chi connectivity index (χ3n) is 2.68. The second-order valence-corrected chi connectivity index (χ2v) is 4.92. The molecule has 1 atom stereocenters. The number of hydrogen-bond acceptors (Lipinski definition) is 4. The van der Waals surface area contributed by atoms with Gasteiger partial charge in [0.1, 0.15) is 12.4 Å². The highest BCUT2D eigenvalue weighted by atomic mass is 79.9. The molecule has 0 amide bonds. The number of nitro groups is 1. The molecule has 1 aromatic rings. The molecule has 1 saturated heterocycles. The summed E-state index contributed by atoms with van der Waals surface area (Å²) in [7, 11) is 0. The highest BCUT2D eigenvalue weighted by Crippen LogP contribution is 2.26. The first-order valence-corrected chi connectivity index (χ1v) is 6.25. The fraction of sp³-hybridized carbons (Fsp3) is 0.455. The summed E-state index contributed by atoms with van der Waals surface area (Å²) in [6.45, 7) is 1.57. The van der Waals surface area contributed by atoms with Gasteiger partial charge >= 0.3 is 0 Å². The molecule has 1 aliphatic rings. The number of nitro benzene ring substituents is 1. The Morgan fingerprint density at radius 1 is 1.53 bits per heavy atom. The smallest absolute Gasteiger partial charge is 0.274 e. The maximum atomic E-state index is 10.7. The van der Waals surface area contributed by atoms with Crippen LogP contribution in [0.3, 0.4) is 0 Å². The average molecular weight is 301 g/mol. The Bertz CT molecular complexity index is 419. The normalized spacial score (nSPS) is 19.2. The van der Waals surface area contributed by atoms with Gasteiger partial charge in [0.2, 0.25) is 0 Å². The highest BCUT2D eigenvalue weighted by Gasteiger charge is 2.15. The zero-order valence-electron chi connectivity index (χ0n) is 9.19. The van der Waals surface area contributed by atoms with Crippen molar-refractivity contribution in [1.29, 1.82) is 0 Å². The van der Waals surface area contributed by atoms with Crippen molar-refractivity contribution in [2.45, 2.75) is 18.9 Å². The predicted molar refractivity (Wildman–Crippen MR) is 67.3 cm³/mol. The van der Waals surface area contributed by atoms with Crippen molar-refractivity contribution in [1.82, 2.24) is 5.32 Å². The lowest BCUT2D eigenvalue weighted by atomic mass is 10.2. The SMILES string of the molecule is O=[N+]([O-])c1cc(Br)cc(OC[C@@H]2CCCN2)c1. The summed E-state index contributed by atoms with van der Waals surface area (Å²) in [5, 5.41) is 14.0. The van der Waals surface area contributed by atoms with Gasteiger partial charge in [-0.2, -0.15) is 0 Å². The minimum absolute atomic E-state index is 0.0359. The van der Waals surface area contributed by atoms with E-state index in [0.29, 0.717) is 22.9 Å². The fourth-order valence-electron chi connectivity index (χ4n) is 1.83. The lowest BCUT2D eigenvalue weighted by Gasteiger charge is -2.12. The van der Waals surface area contributed by atoms with Gasteiger partial charge in [-0.1, -0.05) is 15.9 Å². The summed E-state index contributed by atoms with van der Waals surface area (Å²) in [5.41, 5.74) is 0.0359. The van der Waals surface area contributed by atoms with Crippen molar-refractivity contribution in [3.8, 4) is 5.75 Å². The number of nitrogens with one attached hydrogen (secondary N) is 1. The van der Waals surface area contributed by atoms with E-state index in [1.165, 1.54) is 12.1 Å². The van der Waals surface area contributed by atoms with E-state index in [1.807, 2.05) is 0 Å². The van der Waals surface area contributed by atoms with E-state index in [4.69, 9.17) is 4.74 Å². The van der Waals surface area contributed by atoms with Crippen molar-refractivity contribution < 1.29 is 9.66 Å². The molecule has 0 saturated carbocycles. The summed E-state index contributed by atoms with van der Waals surface area (Å²) in [5.74, 6) is 0.528. The number of rotatable bonds is 4. The van der Waals surface area contributed by atoms with E-state index in [0.717, 1.165) is 19.4 Å². The molecular weight excluding hydrogens is 288 g/mol. The van der Waals surface area contributed by atoms with Crippen molar-refractivity contribution in [2.75, 3.05) is 13.2 Å². The van der Waals surface area contributed by atoms with Crippen molar-refractivity contribution in [2.24, 2.45) is 0 Å². The molecular formula is C11H13BrN2O3. The third-order valence-corrected chi connectivity index (χ3v) is 3.14. The molecule has 0 unspecified atom stereocenters. The van der Waals surface area contributed by atoms with Crippen LogP contribution in [-0.4, -0.2) is 24.1 Å². The van der Waals surface area contributed by atoms with E-state index in [1.54, 1.807) is 6.07 Å². The van der Waals surface area contributed by atoms with Gasteiger partial charge in [-0.25, -0.2) is 0 Å². The summed E-state index contributed by atoms with van der Waals surface area (Å²) >= 11 is 3.23. The molecule has 2 rings (SSSR count). The van der Waals surface area contributed by atoms with Gasteiger partial charge in [0.25, 0.3) is 5.69 Å². The van der Waals surface area contributed by atoms with Crippen molar-refractivity contribution >= 4 is 21.6 Å². The highest BCUT2D eigenvalue weighted by molar-refractivity contribution is 9.10. The second-order valence-electron chi connectivity index (χ2n) is 4.01. The first-order chi connectivity index (χ1) is 8.15. The Morgan fingerprint density at radius 3 is 3.00 bits per heavy atom. The monoisotopic (exact) mass is 300 g/mol. The summed E-state index contributed by atoms with van der Waals surface area (Å²) in [6, 6.07) is 5.00. The van der Waals surface area contributed by atoms with Crippen molar-refractivity contribution in [3.63, 3.8) is 0 Å². The van der Waals surface area contributed by atoms with Crippen LogP contribution in [0.1, 0.15) is 12.8 Å². The molecule has 1 aliphatic heterocycles. The molecule has 1 aromatic carbocycles. The van der Waals surface area contributed by atoms with Crippen LogP contribution in [-0.2, 0) is 0 Å². The maximum absolute atomic E-state index is 10.7. The third kappa shape index (κ3) is 3.41. The first kappa shape index (κ1) is 12.3. The molecule has 5 nitrogen and oxygen atoms in total. The molecule has 0 aliphatic carbocycles. The topological polar surface area (TPSA) is 64.4 Å². The van der Waals surface area contributed by atoms with E-state index in [2.05, 4.69) is 21.2 Å². The Hall–Kier alpha value is -1.14. The number of benzene rings is 1. The van der Waals surface area contributed by atoms with Crippen LogP contribution in [0.25, 0.3) is 0 Å². The van der Waals surface area contributed by atoms with Gasteiger partial charge in [0.15, 0.2) is 0 Å². The Morgan fingerprint density at radius 2 is 2.35 bits per heavy atom. The fourth-order valence-corrected chi connectivity index (χ4v) is 2.29. The van der Waals surface area contributed by atoms with E-state index in [-0.39, 0.29) is 5.69 Å². The molecule has 0 aromatic heterocycles. The molecule has 92 valence electrons. The quantitative estimate of drug-likeness (QED) is 0.685. The molecule has 1 fully saturated rings. The van der Waals surface area contributed by atoms with Crippen molar-refractivity contribution in [3.05, 3.63) is 32.8 Å². The van der Waals surface area contributed by atoms with Gasteiger partial charge < -0.3 is 10.1 Å². The largest absolute Gasteiger partial charge is 0.492 e. The van der Waals surface area contributed by atoms with Gasteiger partial charge in [-0.05, 0) is 25.5 Å². The van der Waals surface area contributed by atoms with E-state index >= 15 is 0 Å². The zero-order chi connectivity index (χ0) is 12.3. The van der Waals surface area contributed by atoms with Crippen LogP contribution in [0.15, 0.2) is 22.7 Å². The Balaban J connectivity index is 2.01. The van der Waals surface area contributed by atoms with E-state index < -0.39 is 4.92 Å².